The van der Waals surface area contributed by atoms with Crippen LogP contribution in [0.4, 0.5) is 18.0 Å². The van der Waals surface area contributed by atoms with Crippen LogP contribution in [-0.2, 0) is 9.53 Å². The Morgan fingerprint density at radius 3 is 2.59 bits per heavy atom. The Morgan fingerprint density at radius 2 is 2.00 bits per heavy atom. The summed E-state index contributed by atoms with van der Waals surface area (Å²) in [5, 5.41) is 10.9. The van der Waals surface area contributed by atoms with Gasteiger partial charge in [-0.1, -0.05) is 0 Å². The molecule has 0 aromatic heterocycles. The third-order valence-electron chi connectivity index (χ3n) is 4.94. The number of aliphatic hydroxyl groups excluding tert-OH is 1. The van der Waals surface area contributed by atoms with E-state index in [1.165, 1.54) is 23.0 Å². The standard InChI is InChI=1S/C18H21F3N2O6/c1-17(2)15(25)14(23-7-6-22(9-13(23)24)16(26)27-3)11-8-10(28-18(19,20)21)4-5-12(11)29-17/h4-5,8,14-15,25H,6-7,9H2,1-3H3/t14-,15+/m0/s1. The number of amides is 2. The molecule has 8 nitrogen and oxygen atoms in total. The zero-order valence-corrected chi connectivity index (χ0v) is 16.0. The van der Waals surface area contributed by atoms with Crippen LogP contribution in [0, 0.1) is 0 Å². The van der Waals surface area contributed by atoms with Gasteiger partial charge < -0.3 is 24.2 Å². The quantitative estimate of drug-likeness (QED) is 0.791. The number of carbonyl (C=O) groups excluding carboxylic acids is 2. The van der Waals surface area contributed by atoms with Gasteiger partial charge in [0.05, 0.1) is 13.2 Å². The zero-order valence-electron chi connectivity index (χ0n) is 16.0. The number of carbonyl (C=O) groups is 2. The van der Waals surface area contributed by atoms with Crippen LogP contribution < -0.4 is 9.47 Å². The van der Waals surface area contributed by atoms with Crippen LogP contribution in [0.5, 0.6) is 11.5 Å². The van der Waals surface area contributed by atoms with Crippen LogP contribution in [-0.4, -0.2) is 71.7 Å². The maximum Gasteiger partial charge on any atom is 0.573 e. The number of benzene rings is 1. The number of rotatable bonds is 2. The molecule has 2 amide bonds. The molecule has 3 rings (SSSR count). The first-order valence-corrected chi connectivity index (χ1v) is 8.82. The summed E-state index contributed by atoms with van der Waals surface area (Å²) in [6, 6.07) is 2.55. The lowest BCUT2D eigenvalue weighted by molar-refractivity contribution is -0.274. The molecule has 29 heavy (non-hydrogen) atoms. The molecule has 2 aliphatic rings. The van der Waals surface area contributed by atoms with E-state index in [1.54, 1.807) is 13.8 Å². The van der Waals surface area contributed by atoms with Crippen molar-refractivity contribution in [2.45, 2.75) is 38.0 Å². The van der Waals surface area contributed by atoms with Gasteiger partial charge in [0, 0.05) is 18.7 Å². The zero-order chi connectivity index (χ0) is 21.6. The van der Waals surface area contributed by atoms with Gasteiger partial charge in [-0.3, -0.25) is 9.69 Å². The summed E-state index contributed by atoms with van der Waals surface area (Å²) in [5.74, 6) is -0.725. The fraction of sp³-hybridized carbons (Fsp3) is 0.556. The van der Waals surface area contributed by atoms with Crippen molar-refractivity contribution < 1.29 is 42.1 Å². The number of piperazine rings is 1. The van der Waals surface area contributed by atoms with Crippen LogP contribution in [0.1, 0.15) is 25.5 Å². The summed E-state index contributed by atoms with van der Waals surface area (Å²) in [7, 11) is 1.20. The second-order valence-electron chi connectivity index (χ2n) is 7.32. The molecule has 0 aliphatic carbocycles. The van der Waals surface area contributed by atoms with Crippen LogP contribution in [0.3, 0.4) is 0 Å². The maximum atomic E-state index is 12.7. The molecule has 0 saturated carbocycles. The van der Waals surface area contributed by atoms with Gasteiger partial charge >= 0.3 is 12.5 Å². The summed E-state index contributed by atoms with van der Waals surface area (Å²) in [6.45, 7) is 3.17. The second-order valence-corrected chi connectivity index (χ2v) is 7.32. The first kappa shape index (κ1) is 21.0. The molecule has 1 fully saturated rings. The highest BCUT2D eigenvalue weighted by Crippen LogP contribution is 2.45. The average molecular weight is 418 g/mol. The van der Waals surface area contributed by atoms with Gasteiger partial charge in [0.15, 0.2) is 0 Å². The monoisotopic (exact) mass is 418 g/mol. The number of nitrogens with zero attached hydrogens (tertiary/aromatic N) is 2. The molecule has 2 atom stereocenters. The van der Waals surface area contributed by atoms with Crippen LogP contribution in [0.15, 0.2) is 18.2 Å². The molecule has 0 unspecified atom stereocenters. The molecular weight excluding hydrogens is 397 g/mol. The molecule has 0 bridgehead atoms. The number of aliphatic hydroxyl groups is 1. The third kappa shape index (κ3) is 4.19. The predicted octanol–water partition coefficient (Wildman–Crippen LogP) is 2.07. The maximum absolute atomic E-state index is 12.7. The Labute approximate surface area is 164 Å². The van der Waals surface area contributed by atoms with Gasteiger partial charge in [-0.2, -0.15) is 0 Å². The molecule has 1 N–H and O–H groups in total. The van der Waals surface area contributed by atoms with E-state index < -0.39 is 41.9 Å². The minimum absolute atomic E-state index is 0.0650. The molecule has 0 radical (unpaired) electrons. The highest BCUT2D eigenvalue weighted by molar-refractivity contribution is 5.84. The number of alkyl halides is 3. The van der Waals surface area contributed by atoms with E-state index in [-0.39, 0.29) is 30.9 Å². The van der Waals surface area contributed by atoms with Crippen molar-refractivity contribution >= 4 is 12.0 Å². The summed E-state index contributed by atoms with van der Waals surface area (Å²) in [6.07, 6.45) is -6.78. The first-order valence-electron chi connectivity index (χ1n) is 8.82. The average Bonchev–Trinajstić information content (AvgIpc) is 2.62. The number of ether oxygens (including phenoxy) is 3. The summed E-state index contributed by atoms with van der Waals surface area (Å²) in [4.78, 5) is 26.9. The Balaban J connectivity index is 1.96. The van der Waals surface area contributed by atoms with Crippen molar-refractivity contribution in [1.82, 2.24) is 9.80 Å². The van der Waals surface area contributed by atoms with Crippen molar-refractivity contribution in [3.05, 3.63) is 23.8 Å². The number of fused-ring (bicyclic) bond motifs is 1. The molecular formula is C18H21F3N2O6. The van der Waals surface area contributed by atoms with Crippen LogP contribution in [0.25, 0.3) is 0 Å². The summed E-state index contributed by atoms with van der Waals surface area (Å²) >= 11 is 0. The number of halogens is 3. The minimum Gasteiger partial charge on any atom is -0.485 e. The molecule has 1 aromatic carbocycles. The Morgan fingerprint density at radius 1 is 1.31 bits per heavy atom. The van der Waals surface area contributed by atoms with E-state index in [9.17, 15) is 27.9 Å². The van der Waals surface area contributed by atoms with Crippen molar-refractivity contribution in [3.8, 4) is 11.5 Å². The van der Waals surface area contributed by atoms with Gasteiger partial charge in [0.25, 0.3) is 0 Å². The van der Waals surface area contributed by atoms with Crippen LogP contribution in [0.2, 0.25) is 0 Å². The van der Waals surface area contributed by atoms with Crippen molar-refractivity contribution in [2.24, 2.45) is 0 Å². The van der Waals surface area contributed by atoms with E-state index in [2.05, 4.69) is 9.47 Å². The molecule has 11 heteroatoms. The van der Waals surface area contributed by atoms with E-state index in [0.29, 0.717) is 0 Å². The summed E-state index contributed by atoms with van der Waals surface area (Å²) < 4.78 is 52.2. The largest absolute Gasteiger partial charge is 0.573 e. The summed E-state index contributed by atoms with van der Waals surface area (Å²) in [5.41, 5.74) is -0.914. The molecule has 2 heterocycles. The van der Waals surface area contributed by atoms with E-state index in [4.69, 9.17) is 4.74 Å². The van der Waals surface area contributed by atoms with Gasteiger partial charge in [-0.15, -0.1) is 13.2 Å². The first-order chi connectivity index (χ1) is 13.4. The van der Waals surface area contributed by atoms with E-state index in [0.717, 1.165) is 12.1 Å². The normalized spacial score (nSPS) is 23.9. The Bertz CT molecular complexity index is 813. The van der Waals surface area contributed by atoms with Gasteiger partial charge in [-0.25, -0.2) is 4.79 Å². The van der Waals surface area contributed by atoms with Gasteiger partial charge in [0.1, 0.15) is 29.7 Å². The lowest BCUT2D eigenvalue weighted by Gasteiger charge is -2.48. The highest BCUT2D eigenvalue weighted by atomic mass is 19.4. The lowest BCUT2D eigenvalue weighted by Crippen LogP contribution is -2.59. The predicted molar refractivity (Wildman–Crippen MR) is 92.3 cm³/mol. The Kier molecular flexibility index (Phi) is 5.28. The lowest BCUT2D eigenvalue weighted by atomic mass is 9.85. The molecule has 2 aliphatic heterocycles. The third-order valence-corrected chi connectivity index (χ3v) is 4.94. The molecule has 1 saturated heterocycles. The second kappa shape index (κ2) is 7.29. The Hall–Kier alpha value is -2.69. The molecule has 1 aromatic rings. The van der Waals surface area contributed by atoms with Crippen molar-refractivity contribution in [1.29, 1.82) is 0 Å². The SMILES string of the molecule is COC(=O)N1CCN([C@H]2c3cc(OC(F)(F)F)ccc3OC(C)(C)[C@@H]2O)C(=O)C1. The fourth-order valence-electron chi connectivity index (χ4n) is 3.55. The number of hydrogen-bond acceptors (Lipinski definition) is 6. The van der Waals surface area contributed by atoms with Gasteiger partial charge in [-0.05, 0) is 32.0 Å². The van der Waals surface area contributed by atoms with Crippen molar-refractivity contribution in [3.63, 3.8) is 0 Å². The smallest absolute Gasteiger partial charge is 0.485 e. The van der Waals surface area contributed by atoms with E-state index >= 15 is 0 Å². The van der Waals surface area contributed by atoms with Crippen LogP contribution >= 0.6 is 0 Å². The van der Waals surface area contributed by atoms with Gasteiger partial charge in [0.2, 0.25) is 5.91 Å². The van der Waals surface area contributed by atoms with E-state index in [1.807, 2.05) is 0 Å². The fourth-order valence-corrected chi connectivity index (χ4v) is 3.55. The minimum atomic E-state index is -4.89. The number of methoxy groups -OCH3 is 1. The highest BCUT2D eigenvalue weighted by Gasteiger charge is 2.48. The topological polar surface area (TPSA) is 88.5 Å². The van der Waals surface area contributed by atoms with Crippen molar-refractivity contribution in [2.75, 3.05) is 26.7 Å². The molecule has 160 valence electrons. The molecule has 0 spiro atoms. The number of hydrogen-bond donors (Lipinski definition) is 1.